The van der Waals surface area contributed by atoms with Gasteiger partial charge in [0.05, 0.1) is 4.90 Å². The lowest BCUT2D eigenvalue weighted by atomic mass is 9.95. The molecule has 1 aliphatic carbocycles. The average Bonchev–Trinajstić information content (AvgIpc) is 3.34. The van der Waals surface area contributed by atoms with Crippen LogP contribution >= 0.6 is 0 Å². The van der Waals surface area contributed by atoms with Gasteiger partial charge in [-0.05, 0) is 48.7 Å². The van der Waals surface area contributed by atoms with Crippen LogP contribution < -0.4 is 5.32 Å². The molecule has 0 aliphatic heterocycles. The van der Waals surface area contributed by atoms with E-state index in [9.17, 15) is 21.6 Å². The maximum atomic E-state index is 13.9. The summed E-state index contributed by atoms with van der Waals surface area (Å²) in [7, 11) is -4.58. The van der Waals surface area contributed by atoms with Crippen molar-refractivity contribution in [3.63, 3.8) is 0 Å². The van der Waals surface area contributed by atoms with E-state index < -0.39 is 20.5 Å². The molecular formula is C17H16F3NO2S. The molecule has 0 heterocycles. The van der Waals surface area contributed by atoms with Crippen LogP contribution in [0, 0.1) is 5.82 Å². The van der Waals surface area contributed by atoms with Crippen LogP contribution in [0.4, 0.5) is 18.9 Å². The van der Waals surface area contributed by atoms with Gasteiger partial charge in [-0.3, -0.25) is 0 Å². The molecule has 0 bridgehead atoms. The molecule has 1 saturated carbocycles. The molecule has 7 heteroatoms. The molecule has 2 aromatic rings. The Labute approximate surface area is 138 Å². The van der Waals surface area contributed by atoms with Gasteiger partial charge in [0, 0.05) is 17.6 Å². The summed E-state index contributed by atoms with van der Waals surface area (Å²) >= 11 is 0. The van der Waals surface area contributed by atoms with Crippen molar-refractivity contribution < 1.29 is 21.6 Å². The summed E-state index contributed by atoms with van der Waals surface area (Å²) in [5, 5.41) is 3.13. The second-order valence-electron chi connectivity index (χ2n) is 5.94. The highest BCUT2D eigenvalue weighted by molar-refractivity contribution is 7.91. The fourth-order valence-corrected chi connectivity index (χ4v) is 3.44. The largest absolute Gasteiger partial charge is 0.384 e. The molecule has 0 radical (unpaired) electrons. The number of nitrogens with one attached hydrogen (secondary N) is 1. The van der Waals surface area contributed by atoms with Gasteiger partial charge >= 0.3 is 5.76 Å². The van der Waals surface area contributed by atoms with Crippen molar-refractivity contribution in [1.29, 1.82) is 0 Å². The number of benzene rings is 2. The van der Waals surface area contributed by atoms with Gasteiger partial charge in [0.2, 0.25) is 9.84 Å². The van der Waals surface area contributed by atoms with Crippen molar-refractivity contribution in [3.8, 4) is 0 Å². The van der Waals surface area contributed by atoms with Crippen molar-refractivity contribution in [2.45, 2.75) is 28.9 Å². The van der Waals surface area contributed by atoms with E-state index in [1.807, 2.05) is 0 Å². The Bertz CT molecular complexity index is 831. The molecule has 0 aromatic heterocycles. The predicted molar refractivity (Wildman–Crippen MR) is 85.4 cm³/mol. The zero-order valence-electron chi connectivity index (χ0n) is 12.7. The topological polar surface area (TPSA) is 46.2 Å². The second kappa shape index (κ2) is 6.12. The summed E-state index contributed by atoms with van der Waals surface area (Å²) in [5.41, 5.74) is 0.999. The highest BCUT2D eigenvalue weighted by atomic mass is 32.2. The summed E-state index contributed by atoms with van der Waals surface area (Å²) in [6.45, 7) is 0.495. The van der Waals surface area contributed by atoms with E-state index in [2.05, 4.69) is 5.32 Å². The van der Waals surface area contributed by atoms with Gasteiger partial charge < -0.3 is 5.32 Å². The van der Waals surface area contributed by atoms with Gasteiger partial charge in [-0.2, -0.15) is 8.78 Å². The molecule has 1 aliphatic rings. The number of halogens is 3. The predicted octanol–water partition coefficient (Wildman–Crippen LogP) is 3.97. The normalized spacial score (nSPS) is 16.2. The summed E-state index contributed by atoms with van der Waals surface area (Å²) < 4.78 is 61.7. The van der Waals surface area contributed by atoms with Crippen LogP contribution in [-0.4, -0.2) is 20.7 Å². The molecule has 2 aromatic carbocycles. The van der Waals surface area contributed by atoms with Crippen LogP contribution in [0.3, 0.4) is 0 Å². The van der Waals surface area contributed by atoms with E-state index in [0.717, 1.165) is 25.0 Å². The Balaban J connectivity index is 1.71. The van der Waals surface area contributed by atoms with Crippen LogP contribution in [0.2, 0.25) is 0 Å². The number of alkyl halides is 2. The number of hydrogen-bond donors (Lipinski definition) is 1. The van der Waals surface area contributed by atoms with Crippen molar-refractivity contribution >= 4 is 15.5 Å². The molecule has 0 unspecified atom stereocenters. The minimum atomic E-state index is -4.58. The third-order valence-electron chi connectivity index (χ3n) is 4.35. The zero-order valence-corrected chi connectivity index (χ0v) is 13.5. The first-order valence-electron chi connectivity index (χ1n) is 7.46. The zero-order chi connectivity index (χ0) is 17.4. The second-order valence-corrected chi connectivity index (χ2v) is 7.86. The minimum Gasteiger partial charge on any atom is -0.384 e. The molecule has 0 atom stereocenters. The molecule has 0 saturated heterocycles. The monoisotopic (exact) mass is 355 g/mol. The van der Waals surface area contributed by atoms with Gasteiger partial charge in [0.25, 0.3) is 0 Å². The number of anilines is 1. The van der Waals surface area contributed by atoms with Gasteiger partial charge in [0.15, 0.2) is 0 Å². The van der Waals surface area contributed by atoms with E-state index >= 15 is 0 Å². The molecule has 1 N–H and O–H groups in total. The van der Waals surface area contributed by atoms with E-state index in [4.69, 9.17) is 0 Å². The minimum absolute atomic E-state index is 0.241. The Hall–Kier alpha value is -2.02. The third-order valence-corrected chi connectivity index (χ3v) is 5.75. The average molecular weight is 355 g/mol. The molecule has 0 amide bonds. The third kappa shape index (κ3) is 3.13. The highest BCUT2D eigenvalue weighted by Crippen LogP contribution is 2.49. The van der Waals surface area contributed by atoms with Crippen LogP contribution in [0.1, 0.15) is 18.4 Å². The summed E-state index contributed by atoms with van der Waals surface area (Å²) in [4.78, 5) is -0.418. The van der Waals surface area contributed by atoms with Crippen LogP contribution in [0.5, 0.6) is 0 Å². The Kier molecular flexibility index (Phi) is 4.29. The first-order valence-corrected chi connectivity index (χ1v) is 9.01. The smallest absolute Gasteiger partial charge is 0.341 e. The van der Waals surface area contributed by atoms with E-state index in [-0.39, 0.29) is 11.2 Å². The highest BCUT2D eigenvalue weighted by Gasteiger charge is 2.45. The number of rotatable bonds is 6. The lowest BCUT2D eigenvalue weighted by Gasteiger charge is -2.18. The molecule has 0 spiro atoms. The quantitative estimate of drug-likeness (QED) is 0.853. The van der Waals surface area contributed by atoms with Crippen LogP contribution in [0.15, 0.2) is 53.4 Å². The van der Waals surface area contributed by atoms with Gasteiger partial charge in [-0.1, -0.05) is 18.2 Å². The summed E-state index contributed by atoms with van der Waals surface area (Å²) in [6, 6.07) is 11.8. The standard InChI is InChI=1S/C17H16F3NO2S/c18-15-4-2-1-3-14(15)17(9-10-17)11-21-12-5-7-13(8-6-12)24(22,23)16(19)20/h1-8,16,21H,9-11H2. The molecule has 1 fully saturated rings. The Morgan fingerprint density at radius 2 is 1.67 bits per heavy atom. The van der Waals surface area contributed by atoms with E-state index in [1.54, 1.807) is 18.2 Å². The molecule has 128 valence electrons. The number of sulfone groups is 1. The maximum Gasteiger partial charge on any atom is 0.341 e. The summed E-state index contributed by atoms with van der Waals surface area (Å²) in [5.74, 6) is -3.68. The molecule has 24 heavy (non-hydrogen) atoms. The van der Waals surface area contributed by atoms with Crippen LogP contribution in [-0.2, 0) is 15.3 Å². The fraction of sp³-hybridized carbons (Fsp3) is 0.294. The first kappa shape index (κ1) is 16.8. The molecule has 3 rings (SSSR count). The van der Waals surface area contributed by atoms with Crippen LogP contribution in [0.25, 0.3) is 0 Å². The summed E-state index contributed by atoms with van der Waals surface area (Å²) in [6.07, 6.45) is 1.72. The first-order chi connectivity index (χ1) is 11.3. The van der Waals surface area contributed by atoms with Gasteiger partial charge in [-0.25, -0.2) is 12.8 Å². The Morgan fingerprint density at radius 3 is 2.21 bits per heavy atom. The van der Waals surface area contributed by atoms with Crippen molar-refractivity contribution in [2.75, 3.05) is 11.9 Å². The fourth-order valence-electron chi connectivity index (χ4n) is 2.72. The Morgan fingerprint density at radius 1 is 1.04 bits per heavy atom. The SMILES string of the molecule is O=S(=O)(c1ccc(NCC2(c3ccccc3F)CC2)cc1)C(F)F. The van der Waals surface area contributed by atoms with Gasteiger partial charge in [0.1, 0.15) is 5.82 Å². The van der Waals surface area contributed by atoms with E-state index in [1.165, 1.54) is 18.2 Å². The lowest BCUT2D eigenvalue weighted by molar-refractivity contribution is 0.234. The maximum absolute atomic E-state index is 13.9. The van der Waals surface area contributed by atoms with E-state index in [0.29, 0.717) is 17.8 Å². The number of hydrogen-bond acceptors (Lipinski definition) is 3. The van der Waals surface area contributed by atoms with Crippen molar-refractivity contribution in [3.05, 3.63) is 59.9 Å². The van der Waals surface area contributed by atoms with Crippen molar-refractivity contribution in [2.24, 2.45) is 0 Å². The molecule has 3 nitrogen and oxygen atoms in total. The van der Waals surface area contributed by atoms with Gasteiger partial charge in [-0.15, -0.1) is 0 Å². The van der Waals surface area contributed by atoms with Crippen molar-refractivity contribution in [1.82, 2.24) is 0 Å². The lowest BCUT2D eigenvalue weighted by Crippen LogP contribution is -2.21. The molecular weight excluding hydrogens is 339 g/mol.